The molecule has 1 aromatic carbocycles. The number of benzene rings is 1. The lowest BCUT2D eigenvalue weighted by molar-refractivity contribution is -0.146. The number of aliphatic carboxylic acids is 1. The van der Waals surface area contributed by atoms with Crippen molar-refractivity contribution in [2.45, 2.75) is 26.4 Å². The fraction of sp³-hybridized carbons (Fsp3) is 0.385. The Balaban J connectivity index is 2.49. The summed E-state index contributed by atoms with van der Waals surface area (Å²) < 4.78 is 0. The molecule has 5 heteroatoms. The SMILES string of the molecule is Cc1ccc(CC(=O)NC[C@H](O)C(=O)O)cc1C. The molecule has 0 aromatic heterocycles. The van der Waals surface area contributed by atoms with E-state index in [4.69, 9.17) is 10.2 Å². The minimum Gasteiger partial charge on any atom is -0.479 e. The van der Waals surface area contributed by atoms with Crippen molar-refractivity contribution in [2.75, 3.05) is 6.54 Å². The molecule has 1 amide bonds. The number of carboxylic acid groups (broad SMARTS) is 1. The molecule has 1 atom stereocenters. The van der Waals surface area contributed by atoms with Crippen LogP contribution in [0.15, 0.2) is 18.2 Å². The lowest BCUT2D eigenvalue weighted by Crippen LogP contribution is -2.37. The van der Waals surface area contributed by atoms with E-state index in [1.807, 2.05) is 32.0 Å². The van der Waals surface area contributed by atoms with E-state index in [9.17, 15) is 9.59 Å². The summed E-state index contributed by atoms with van der Waals surface area (Å²) in [5, 5.41) is 19.8. The summed E-state index contributed by atoms with van der Waals surface area (Å²) in [7, 11) is 0. The molecule has 18 heavy (non-hydrogen) atoms. The summed E-state index contributed by atoms with van der Waals surface area (Å²) in [6.45, 7) is 3.67. The molecule has 5 nitrogen and oxygen atoms in total. The van der Waals surface area contributed by atoms with Crippen molar-refractivity contribution >= 4 is 11.9 Å². The van der Waals surface area contributed by atoms with Crippen LogP contribution in [0.2, 0.25) is 0 Å². The molecule has 0 unspecified atom stereocenters. The average Bonchev–Trinajstić information content (AvgIpc) is 2.30. The summed E-state index contributed by atoms with van der Waals surface area (Å²) >= 11 is 0. The minimum atomic E-state index is -1.56. The number of aliphatic hydroxyl groups excluding tert-OH is 1. The van der Waals surface area contributed by atoms with Gasteiger partial charge in [0.2, 0.25) is 5.91 Å². The van der Waals surface area contributed by atoms with Crippen molar-refractivity contribution in [3.8, 4) is 0 Å². The number of carbonyl (C=O) groups is 2. The Morgan fingerprint density at radius 2 is 1.94 bits per heavy atom. The van der Waals surface area contributed by atoms with Gasteiger partial charge in [-0.3, -0.25) is 4.79 Å². The maximum Gasteiger partial charge on any atom is 0.334 e. The van der Waals surface area contributed by atoms with Crippen molar-refractivity contribution in [3.05, 3.63) is 34.9 Å². The van der Waals surface area contributed by atoms with Crippen molar-refractivity contribution in [2.24, 2.45) is 0 Å². The highest BCUT2D eigenvalue weighted by atomic mass is 16.4. The topological polar surface area (TPSA) is 86.6 Å². The first-order valence-electron chi connectivity index (χ1n) is 5.64. The zero-order valence-corrected chi connectivity index (χ0v) is 10.4. The molecule has 1 aromatic rings. The highest BCUT2D eigenvalue weighted by molar-refractivity contribution is 5.80. The van der Waals surface area contributed by atoms with Gasteiger partial charge in [-0.05, 0) is 30.5 Å². The standard InChI is InChI=1S/C13H17NO4/c1-8-3-4-10(5-9(8)2)6-12(16)14-7-11(15)13(17)18/h3-5,11,15H,6-7H2,1-2H3,(H,14,16)(H,17,18)/t11-/m0/s1. The average molecular weight is 251 g/mol. The summed E-state index contributed by atoms with van der Waals surface area (Å²) in [5.74, 6) is -1.65. The predicted octanol–water partition coefficient (Wildman–Crippen LogP) is 0.408. The largest absolute Gasteiger partial charge is 0.479 e. The summed E-state index contributed by atoms with van der Waals surface area (Å²) in [4.78, 5) is 21.9. The molecule has 0 aliphatic carbocycles. The first-order valence-corrected chi connectivity index (χ1v) is 5.64. The molecule has 3 N–H and O–H groups in total. The Kier molecular flexibility index (Phi) is 4.85. The third-order valence-electron chi connectivity index (χ3n) is 2.71. The summed E-state index contributed by atoms with van der Waals surface area (Å²) in [6.07, 6.45) is -1.39. The fourth-order valence-electron chi connectivity index (χ4n) is 1.46. The van der Waals surface area contributed by atoms with Gasteiger partial charge in [-0.25, -0.2) is 4.79 Å². The van der Waals surface area contributed by atoms with E-state index >= 15 is 0 Å². The molecule has 0 aliphatic heterocycles. The lowest BCUT2D eigenvalue weighted by Gasteiger charge is -2.08. The molecule has 0 bridgehead atoms. The molecule has 0 saturated heterocycles. The second-order valence-electron chi connectivity index (χ2n) is 4.25. The van der Waals surface area contributed by atoms with Crippen LogP contribution in [-0.2, 0) is 16.0 Å². The Morgan fingerprint density at radius 1 is 1.28 bits per heavy atom. The maximum absolute atomic E-state index is 11.5. The van der Waals surface area contributed by atoms with Gasteiger partial charge in [0, 0.05) is 0 Å². The molecule has 0 aliphatic rings. The number of carbonyl (C=O) groups excluding carboxylic acids is 1. The van der Waals surface area contributed by atoms with Crippen LogP contribution < -0.4 is 5.32 Å². The van der Waals surface area contributed by atoms with Crippen molar-refractivity contribution < 1.29 is 19.8 Å². The van der Waals surface area contributed by atoms with Crippen molar-refractivity contribution in [3.63, 3.8) is 0 Å². The van der Waals surface area contributed by atoms with Crippen molar-refractivity contribution in [1.82, 2.24) is 5.32 Å². The van der Waals surface area contributed by atoms with Gasteiger partial charge >= 0.3 is 5.97 Å². The lowest BCUT2D eigenvalue weighted by atomic mass is 10.0. The Labute approximate surface area is 105 Å². The number of rotatable bonds is 5. The van der Waals surface area contributed by atoms with Crippen LogP contribution in [0.25, 0.3) is 0 Å². The molecular formula is C13H17NO4. The Morgan fingerprint density at radius 3 is 2.50 bits per heavy atom. The van der Waals surface area contributed by atoms with E-state index in [0.29, 0.717) is 0 Å². The molecule has 0 spiro atoms. The van der Waals surface area contributed by atoms with E-state index in [1.54, 1.807) is 0 Å². The fourth-order valence-corrected chi connectivity index (χ4v) is 1.46. The number of carboxylic acids is 1. The second kappa shape index (κ2) is 6.16. The van der Waals surface area contributed by atoms with Crippen LogP contribution in [0, 0.1) is 13.8 Å². The monoisotopic (exact) mass is 251 g/mol. The van der Waals surface area contributed by atoms with Gasteiger partial charge in [0.1, 0.15) is 0 Å². The molecule has 0 saturated carbocycles. The second-order valence-corrected chi connectivity index (χ2v) is 4.25. The van der Waals surface area contributed by atoms with Crippen LogP contribution in [0.1, 0.15) is 16.7 Å². The van der Waals surface area contributed by atoms with Crippen LogP contribution in [-0.4, -0.2) is 34.7 Å². The minimum absolute atomic E-state index is 0.174. The molecule has 0 radical (unpaired) electrons. The summed E-state index contributed by atoms with van der Waals surface area (Å²) in [6, 6.07) is 5.71. The first kappa shape index (κ1) is 14.2. The Hall–Kier alpha value is -1.88. The van der Waals surface area contributed by atoms with Gasteiger partial charge in [-0.2, -0.15) is 0 Å². The number of aryl methyl sites for hydroxylation is 2. The summed E-state index contributed by atoms with van der Waals surface area (Å²) in [5.41, 5.74) is 3.12. The van der Waals surface area contributed by atoms with Gasteiger partial charge in [0.25, 0.3) is 0 Å². The third kappa shape index (κ3) is 4.18. The van der Waals surface area contributed by atoms with Gasteiger partial charge in [0.15, 0.2) is 6.10 Å². The zero-order chi connectivity index (χ0) is 13.7. The van der Waals surface area contributed by atoms with Crippen LogP contribution >= 0.6 is 0 Å². The van der Waals surface area contributed by atoms with Crippen LogP contribution in [0.4, 0.5) is 0 Å². The normalized spacial score (nSPS) is 11.9. The van der Waals surface area contributed by atoms with Crippen LogP contribution in [0.5, 0.6) is 0 Å². The molecule has 98 valence electrons. The highest BCUT2D eigenvalue weighted by Crippen LogP contribution is 2.10. The van der Waals surface area contributed by atoms with E-state index in [0.717, 1.165) is 16.7 Å². The number of aliphatic hydroxyl groups is 1. The van der Waals surface area contributed by atoms with E-state index in [1.165, 1.54) is 0 Å². The molecule has 1 rings (SSSR count). The Bertz CT molecular complexity index is 456. The van der Waals surface area contributed by atoms with Gasteiger partial charge in [-0.1, -0.05) is 18.2 Å². The van der Waals surface area contributed by atoms with Gasteiger partial charge < -0.3 is 15.5 Å². The van der Waals surface area contributed by atoms with Crippen LogP contribution in [0.3, 0.4) is 0 Å². The van der Waals surface area contributed by atoms with E-state index < -0.39 is 12.1 Å². The van der Waals surface area contributed by atoms with Crippen molar-refractivity contribution in [1.29, 1.82) is 0 Å². The molecular weight excluding hydrogens is 234 g/mol. The smallest absolute Gasteiger partial charge is 0.334 e. The molecule has 0 fully saturated rings. The number of amides is 1. The number of hydrogen-bond acceptors (Lipinski definition) is 3. The molecule has 0 heterocycles. The zero-order valence-electron chi connectivity index (χ0n) is 10.4. The predicted molar refractivity (Wildman–Crippen MR) is 66.3 cm³/mol. The van der Waals surface area contributed by atoms with Gasteiger partial charge in [0.05, 0.1) is 13.0 Å². The highest BCUT2D eigenvalue weighted by Gasteiger charge is 2.14. The van der Waals surface area contributed by atoms with Gasteiger partial charge in [-0.15, -0.1) is 0 Å². The maximum atomic E-state index is 11.5. The third-order valence-corrected chi connectivity index (χ3v) is 2.71. The van der Waals surface area contributed by atoms with E-state index in [2.05, 4.69) is 5.32 Å². The number of nitrogens with one attached hydrogen (secondary N) is 1. The van der Waals surface area contributed by atoms with E-state index in [-0.39, 0.29) is 18.9 Å². The number of hydrogen-bond donors (Lipinski definition) is 3. The quantitative estimate of drug-likeness (QED) is 0.707. The first-order chi connectivity index (χ1) is 8.40.